The molecule has 2 rings (SSSR count). The van der Waals surface area contributed by atoms with E-state index in [0.29, 0.717) is 63.7 Å². The van der Waals surface area contributed by atoms with E-state index in [4.69, 9.17) is 9.47 Å². The van der Waals surface area contributed by atoms with E-state index in [-0.39, 0.29) is 11.6 Å². The molecule has 1 fully saturated rings. The third-order valence-electron chi connectivity index (χ3n) is 3.74. The Balaban J connectivity index is 2.12. The predicted octanol–water partition coefficient (Wildman–Crippen LogP) is 1.59. The number of hydrogen-bond acceptors (Lipinski definition) is 6. The van der Waals surface area contributed by atoms with E-state index in [0.717, 1.165) is 0 Å². The van der Waals surface area contributed by atoms with Crippen LogP contribution in [0.25, 0.3) is 0 Å². The lowest BCUT2D eigenvalue weighted by Gasteiger charge is -2.30. The van der Waals surface area contributed by atoms with Gasteiger partial charge in [0.25, 0.3) is 11.6 Å². The van der Waals surface area contributed by atoms with E-state index in [1.165, 1.54) is 12.1 Å². The second kappa shape index (κ2) is 9.19. The minimum Gasteiger partial charge on any atom is -0.382 e. The van der Waals surface area contributed by atoms with Crippen LogP contribution in [0.3, 0.4) is 0 Å². The number of morpholine rings is 1. The number of benzene rings is 1. The van der Waals surface area contributed by atoms with Crippen molar-refractivity contribution in [3.8, 4) is 0 Å². The second-order valence-electron chi connectivity index (χ2n) is 5.36. The topological polar surface area (TPSA) is 93.9 Å². The molecule has 0 spiro atoms. The first-order valence-corrected chi connectivity index (χ1v) is 8.10. The van der Waals surface area contributed by atoms with Crippen LogP contribution in [-0.2, 0) is 9.47 Å². The summed E-state index contributed by atoms with van der Waals surface area (Å²) in [5.74, 6) is -0.309. The Morgan fingerprint density at radius 2 is 2.17 bits per heavy atom. The number of rotatable bonds is 8. The quantitative estimate of drug-likeness (QED) is 0.440. The van der Waals surface area contributed by atoms with Gasteiger partial charge in [0.15, 0.2) is 0 Å². The van der Waals surface area contributed by atoms with E-state index >= 15 is 0 Å². The molecule has 8 nitrogen and oxygen atoms in total. The number of carbonyl (C=O) groups is 1. The van der Waals surface area contributed by atoms with Crippen molar-refractivity contribution in [1.82, 2.24) is 5.32 Å². The Morgan fingerprint density at radius 1 is 1.42 bits per heavy atom. The number of nitro groups is 1. The molecule has 24 heavy (non-hydrogen) atoms. The molecule has 0 bridgehead atoms. The van der Waals surface area contributed by atoms with Gasteiger partial charge in [-0.3, -0.25) is 14.9 Å². The summed E-state index contributed by atoms with van der Waals surface area (Å²) in [5.41, 5.74) is 0.931. The number of ether oxygens (including phenoxy) is 2. The van der Waals surface area contributed by atoms with Gasteiger partial charge in [0.1, 0.15) is 0 Å². The minimum atomic E-state index is -0.491. The van der Waals surface area contributed by atoms with Crippen LogP contribution in [0.1, 0.15) is 23.7 Å². The highest BCUT2D eigenvalue weighted by Gasteiger charge is 2.21. The summed E-state index contributed by atoms with van der Waals surface area (Å²) in [5, 5.41) is 13.8. The molecule has 1 amide bonds. The van der Waals surface area contributed by atoms with Crippen molar-refractivity contribution in [3.63, 3.8) is 0 Å². The van der Waals surface area contributed by atoms with Crippen LogP contribution in [0.5, 0.6) is 0 Å². The predicted molar refractivity (Wildman–Crippen MR) is 89.6 cm³/mol. The van der Waals surface area contributed by atoms with Gasteiger partial charge in [0, 0.05) is 45.0 Å². The summed E-state index contributed by atoms with van der Waals surface area (Å²) in [6.07, 6.45) is 0.696. The highest BCUT2D eigenvalue weighted by atomic mass is 16.6. The average Bonchev–Trinajstić information content (AvgIpc) is 2.61. The normalized spacial score (nSPS) is 14.5. The summed E-state index contributed by atoms with van der Waals surface area (Å²) in [7, 11) is 0. The minimum absolute atomic E-state index is 0.0912. The van der Waals surface area contributed by atoms with Crippen molar-refractivity contribution in [1.29, 1.82) is 0 Å². The zero-order valence-corrected chi connectivity index (χ0v) is 13.8. The van der Waals surface area contributed by atoms with Gasteiger partial charge in [-0.05, 0) is 19.4 Å². The lowest BCUT2D eigenvalue weighted by atomic mass is 10.1. The van der Waals surface area contributed by atoms with E-state index in [2.05, 4.69) is 5.32 Å². The molecule has 1 heterocycles. The summed E-state index contributed by atoms with van der Waals surface area (Å²) < 4.78 is 10.5. The summed E-state index contributed by atoms with van der Waals surface area (Å²) in [6, 6.07) is 4.40. The smallest absolute Gasteiger partial charge is 0.270 e. The first kappa shape index (κ1) is 18.2. The molecular formula is C16H23N3O5. The van der Waals surface area contributed by atoms with Crippen LogP contribution < -0.4 is 10.2 Å². The van der Waals surface area contributed by atoms with Crippen molar-refractivity contribution >= 4 is 17.3 Å². The van der Waals surface area contributed by atoms with Gasteiger partial charge in [0.2, 0.25) is 0 Å². The summed E-state index contributed by atoms with van der Waals surface area (Å²) >= 11 is 0. The molecule has 0 atom stereocenters. The number of carbonyl (C=O) groups excluding carboxylic acids is 1. The van der Waals surface area contributed by atoms with Crippen molar-refractivity contribution < 1.29 is 19.2 Å². The third kappa shape index (κ3) is 4.90. The Kier molecular flexibility index (Phi) is 6.95. The van der Waals surface area contributed by atoms with Crippen molar-refractivity contribution in [2.45, 2.75) is 13.3 Å². The Hall–Kier alpha value is -2.19. The van der Waals surface area contributed by atoms with Crippen LogP contribution in [0.15, 0.2) is 18.2 Å². The molecular weight excluding hydrogens is 314 g/mol. The van der Waals surface area contributed by atoms with E-state index in [9.17, 15) is 14.9 Å². The van der Waals surface area contributed by atoms with Crippen LogP contribution in [0.4, 0.5) is 11.4 Å². The number of nitrogens with one attached hydrogen (secondary N) is 1. The number of hydrogen-bond donors (Lipinski definition) is 1. The first-order valence-electron chi connectivity index (χ1n) is 8.10. The van der Waals surface area contributed by atoms with Crippen LogP contribution in [-0.4, -0.2) is 56.9 Å². The van der Waals surface area contributed by atoms with E-state index in [1.54, 1.807) is 6.07 Å². The Labute approximate surface area is 140 Å². The molecule has 8 heteroatoms. The SMILES string of the molecule is CCOCCCNC(=O)c1cc([N+](=O)[O-])ccc1N1CCOCC1. The Morgan fingerprint density at radius 3 is 2.83 bits per heavy atom. The van der Waals surface area contributed by atoms with Crippen LogP contribution in [0, 0.1) is 10.1 Å². The van der Waals surface area contributed by atoms with Crippen molar-refractivity contribution in [2.24, 2.45) is 0 Å². The van der Waals surface area contributed by atoms with E-state index < -0.39 is 4.92 Å². The molecule has 0 aromatic heterocycles. The average molecular weight is 337 g/mol. The van der Waals surface area contributed by atoms with E-state index in [1.807, 2.05) is 11.8 Å². The molecule has 1 aliphatic heterocycles. The Bertz CT molecular complexity index is 573. The fourth-order valence-electron chi connectivity index (χ4n) is 2.52. The zero-order valence-electron chi connectivity index (χ0n) is 13.8. The molecule has 0 radical (unpaired) electrons. The van der Waals surface area contributed by atoms with Crippen LogP contribution in [0.2, 0.25) is 0 Å². The number of amides is 1. The molecule has 1 N–H and O–H groups in total. The molecule has 1 aromatic carbocycles. The van der Waals surface area contributed by atoms with Crippen molar-refractivity contribution in [3.05, 3.63) is 33.9 Å². The van der Waals surface area contributed by atoms with Gasteiger partial charge in [-0.2, -0.15) is 0 Å². The molecule has 1 saturated heterocycles. The molecule has 1 aromatic rings. The summed E-state index contributed by atoms with van der Waals surface area (Å²) in [6.45, 7) is 6.05. The number of anilines is 1. The maximum Gasteiger partial charge on any atom is 0.270 e. The fraction of sp³-hybridized carbons (Fsp3) is 0.562. The zero-order chi connectivity index (χ0) is 17.4. The van der Waals surface area contributed by atoms with Gasteiger partial charge in [-0.1, -0.05) is 0 Å². The third-order valence-corrected chi connectivity index (χ3v) is 3.74. The fourth-order valence-corrected chi connectivity index (χ4v) is 2.52. The molecule has 1 aliphatic rings. The first-order chi connectivity index (χ1) is 11.6. The number of nitro benzene ring substituents is 1. The van der Waals surface area contributed by atoms with Crippen LogP contribution >= 0.6 is 0 Å². The second-order valence-corrected chi connectivity index (χ2v) is 5.36. The standard InChI is InChI=1S/C16H23N3O5/c1-2-23-9-3-6-17-16(20)14-12-13(19(21)22)4-5-15(14)18-7-10-24-11-8-18/h4-5,12H,2-3,6-11H2,1H3,(H,17,20). The van der Waals surface area contributed by atoms with Gasteiger partial charge in [0.05, 0.1) is 29.4 Å². The monoisotopic (exact) mass is 337 g/mol. The molecule has 0 unspecified atom stereocenters. The van der Waals surface area contributed by atoms with Gasteiger partial charge >= 0.3 is 0 Å². The summed E-state index contributed by atoms with van der Waals surface area (Å²) in [4.78, 5) is 25.0. The van der Waals surface area contributed by atoms with Crippen molar-refractivity contribution in [2.75, 3.05) is 51.0 Å². The highest BCUT2D eigenvalue weighted by molar-refractivity contribution is 6.00. The lowest BCUT2D eigenvalue weighted by Crippen LogP contribution is -2.38. The molecule has 132 valence electrons. The highest BCUT2D eigenvalue weighted by Crippen LogP contribution is 2.26. The lowest BCUT2D eigenvalue weighted by molar-refractivity contribution is -0.384. The molecule has 0 aliphatic carbocycles. The largest absolute Gasteiger partial charge is 0.382 e. The maximum atomic E-state index is 12.5. The van der Waals surface area contributed by atoms with Gasteiger partial charge < -0.3 is 19.7 Å². The number of non-ortho nitro benzene ring substituents is 1. The number of nitrogens with zero attached hydrogens (tertiary/aromatic N) is 2. The van der Waals surface area contributed by atoms with Gasteiger partial charge in [-0.15, -0.1) is 0 Å². The molecule has 0 saturated carbocycles. The maximum absolute atomic E-state index is 12.5. The van der Waals surface area contributed by atoms with Gasteiger partial charge in [-0.25, -0.2) is 0 Å².